The number of thiazole rings is 1. The number of amides is 2. The Morgan fingerprint density at radius 3 is 2.68 bits per heavy atom. The minimum absolute atomic E-state index is 0.167. The molecule has 160 valence electrons. The van der Waals surface area contributed by atoms with E-state index in [-0.39, 0.29) is 11.8 Å². The second kappa shape index (κ2) is 8.64. The van der Waals surface area contributed by atoms with Crippen molar-refractivity contribution in [1.82, 2.24) is 4.98 Å². The lowest BCUT2D eigenvalue weighted by Crippen LogP contribution is -2.27. The van der Waals surface area contributed by atoms with Crippen molar-refractivity contribution in [3.8, 4) is 0 Å². The Morgan fingerprint density at radius 2 is 1.87 bits per heavy atom. The van der Waals surface area contributed by atoms with E-state index in [4.69, 9.17) is 9.72 Å². The molecule has 1 aromatic heterocycles. The van der Waals surface area contributed by atoms with E-state index in [1.165, 1.54) is 12.8 Å². The average molecular weight is 437 g/mol. The number of benzene rings is 2. The van der Waals surface area contributed by atoms with Crippen molar-refractivity contribution >= 4 is 49.9 Å². The van der Waals surface area contributed by atoms with E-state index in [9.17, 15) is 9.59 Å². The summed E-state index contributed by atoms with van der Waals surface area (Å²) in [5, 5.41) is 6.84. The monoisotopic (exact) mass is 436 g/mol. The summed E-state index contributed by atoms with van der Waals surface area (Å²) in [7, 11) is 0. The maximum Gasteiger partial charge on any atom is 0.255 e. The lowest BCUT2D eigenvalue weighted by atomic mass is 10.1. The highest BCUT2D eigenvalue weighted by Gasteiger charge is 2.23. The number of rotatable bonds is 5. The summed E-state index contributed by atoms with van der Waals surface area (Å²) < 4.78 is 6.47. The van der Waals surface area contributed by atoms with Gasteiger partial charge in [-0.3, -0.25) is 9.59 Å². The van der Waals surface area contributed by atoms with Gasteiger partial charge in [0, 0.05) is 36.6 Å². The van der Waals surface area contributed by atoms with Gasteiger partial charge in [-0.25, -0.2) is 4.98 Å². The summed E-state index contributed by atoms with van der Waals surface area (Å²) in [6.07, 6.45) is 3.64. The SMILES string of the molecule is O=C(Nc1ccc2nc(N3CCCC3)sc2c1)c1cccc(NC(=O)[C@@H]2CCCO2)c1. The number of nitrogens with one attached hydrogen (secondary N) is 2. The lowest BCUT2D eigenvalue weighted by molar-refractivity contribution is -0.124. The van der Waals surface area contributed by atoms with Gasteiger partial charge in [0.05, 0.1) is 10.2 Å². The van der Waals surface area contributed by atoms with E-state index in [0.29, 0.717) is 17.9 Å². The van der Waals surface area contributed by atoms with Crippen LogP contribution in [0, 0.1) is 0 Å². The molecule has 2 fully saturated rings. The van der Waals surface area contributed by atoms with Crippen molar-refractivity contribution < 1.29 is 14.3 Å². The molecular formula is C23H24N4O3S. The molecule has 31 heavy (non-hydrogen) atoms. The Balaban J connectivity index is 1.28. The molecular weight excluding hydrogens is 412 g/mol. The van der Waals surface area contributed by atoms with E-state index < -0.39 is 6.10 Å². The molecule has 2 aliphatic heterocycles. The molecule has 0 aliphatic carbocycles. The molecule has 0 saturated carbocycles. The van der Waals surface area contributed by atoms with Gasteiger partial charge in [0.1, 0.15) is 6.10 Å². The van der Waals surface area contributed by atoms with E-state index in [0.717, 1.165) is 47.0 Å². The van der Waals surface area contributed by atoms with Crippen LogP contribution in [0.3, 0.4) is 0 Å². The fourth-order valence-corrected chi connectivity index (χ4v) is 5.04. The summed E-state index contributed by atoms with van der Waals surface area (Å²) in [6, 6.07) is 12.7. The Morgan fingerprint density at radius 1 is 1.03 bits per heavy atom. The number of carbonyl (C=O) groups excluding carboxylic acids is 2. The third-order valence-corrected chi connectivity index (χ3v) is 6.70. The molecule has 7 nitrogen and oxygen atoms in total. The first-order chi connectivity index (χ1) is 15.2. The molecule has 2 amide bonds. The number of hydrogen-bond acceptors (Lipinski definition) is 6. The molecule has 5 rings (SSSR count). The van der Waals surface area contributed by atoms with Crippen LogP contribution >= 0.6 is 11.3 Å². The first kappa shape index (κ1) is 20.0. The van der Waals surface area contributed by atoms with E-state index in [1.807, 2.05) is 18.2 Å². The number of aromatic nitrogens is 1. The van der Waals surface area contributed by atoms with Crippen LogP contribution in [-0.2, 0) is 9.53 Å². The maximum atomic E-state index is 12.8. The number of carbonyl (C=O) groups is 2. The third-order valence-electron chi connectivity index (χ3n) is 5.63. The summed E-state index contributed by atoms with van der Waals surface area (Å²) in [5.41, 5.74) is 2.74. The molecule has 2 saturated heterocycles. The van der Waals surface area contributed by atoms with Gasteiger partial charge in [-0.1, -0.05) is 17.4 Å². The fraction of sp³-hybridized carbons (Fsp3) is 0.348. The number of hydrogen-bond donors (Lipinski definition) is 2. The van der Waals surface area contributed by atoms with Crippen molar-refractivity contribution in [3.05, 3.63) is 48.0 Å². The Kier molecular flexibility index (Phi) is 5.57. The van der Waals surface area contributed by atoms with E-state index in [1.54, 1.807) is 35.6 Å². The van der Waals surface area contributed by atoms with Gasteiger partial charge in [-0.15, -0.1) is 0 Å². The highest BCUT2D eigenvalue weighted by molar-refractivity contribution is 7.22. The van der Waals surface area contributed by atoms with E-state index in [2.05, 4.69) is 15.5 Å². The molecule has 3 heterocycles. The standard InChI is InChI=1S/C23H24N4O3S/c28-21(15-5-3-6-16(13-15)25-22(29)19-7-4-12-30-19)24-17-8-9-18-20(14-17)31-23(26-18)27-10-1-2-11-27/h3,5-6,8-9,13-14,19H,1-2,4,7,10-12H2,(H,24,28)(H,25,29)/t19-/m0/s1. The second-order valence-corrected chi connectivity index (χ2v) is 8.91. The largest absolute Gasteiger partial charge is 0.368 e. The van der Waals surface area contributed by atoms with Crippen LogP contribution in [0.2, 0.25) is 0 Å². The Bertz CT molecular complexity index is 1120. The van der Waals surface area contributed by atoms with Crippen LogP contribution in [-0.4, -0.2) is 42.6 Å². The van der Waals surface area contributed by atoms with Gasteiger partial charge >= 0.3 is 0 Å². The summed E-state index contributed by atoms with van der Waals surface area (Å²) in [4.78, 5) is 32.1. The topological polar surface area (TPSA) is 83.6 Å². The van der Waals surface area contributed by atoms with Crippen LogP contribution in [0.15, 0.2) is 42.5 Å². The summed E-state index contributed by atoms with van der Waals surface area (Å²) >= 11 is 1.66. The van der Waals surface area contributed by atoms with Crippen molar-refractivity contribution in [2.45, 2.75) is 31.8 Å². The number of fused-ring (bicyclic) bond motifs is 1. The molecule has 1 atom stereocenters. The van der Waals surface area contributed by atoms with Crippen molar-refractivity contribution in [3.63, 3.8) is 0 Å². The van der Waals surface area contributed by atoms with Crippen LogP contribution in [0.5, 0.6) is 0 Å². The number of nitrogens with zero attached hydrogens (tertiary/aromatic N) is 2. The smallest absolute Gasteiger partial charge is 0.255 e. The van der Waals surface area contributed by atoms with Crippen molar-refractivity contribution in [2.24, 2.45) is 0 Å². The first-order valence-electron chi connectivity index (χ1n) is 10.7. The zero-order chi connectivity index (χ0) is 21.2. The predicted molar refractivity (Wildman–Crippen MR) is 123 cm³/mol. The molecule has 2 aliphatic rings. The highest BCUT2D eigenvalue weighted by Crippen LogP contribution is 2.32. The summed E-state index contributed by atoms with van der Waals surface area (Å²) in [6.45, 7) is 2.73. The highest BCUT2D eigenvalue weighted by atomic mass is 32.1. The number of anilines is 3. The molecule has 8 heteroatoms. The van der Waals surface area contributed by atoms with Crippen LogP contribution in [0.4, 0.5) is 16.5 Å². The molecule has 3 aromatic rings. The second-order valence-electron chi connectivity index (χ2n) is 7.90. The van der Waals surface area contributed by atoms with Gasteiger partial charge in [0.2, 0.25) is 0 Å². The normalized spacial score (nSPS) is 18.5. The molecule has 0 spiro atoms. The Hall–Kier alpha value is -2.97. The lowest BCUT2D eigenvalue weighted by Gasteiger charge is -2.11. The zero-order valence-electron chi connectivity index (χ0n) is 17.1. The predicted octanol–water partition coefficient (Wildman–Crippen LogP) is 4.27. The minimum Gasteiger partial charge on any atom is -0.368 e. The molecule has 2 aromatic carbocycles. The molecule has 0 radical (unpaired) electrons. The molecule has 0 unspecified atom stereocenters. The van der Waals surface area contributed by atoms with Gasteiger partial charge in [-0.05, 0) is 62.1 Å². The van der Waals surface area contributed by atoms with Gasteiger partial charge in [-0.2, -0.15) is 0 Å². The number of ether oxygens (including phenoxy) is 1. The molecule has 0 bridgehead atoms. The summed E-state index contributed by atoms with van der Waals surface area (Å²) in [5.74, 6) is -0.392. The van der Waals surface area contributed by atoms with Crippen molar-refractivity contribution in [2.75, 3.05) is 35.2 Å². The fourth-order valence-electron chi connectivity index (χ4n) is 3.98. The van der Waals surface area contributed by atoms with Gasteiger partial charge < -0.3 is 20.3 Å². The van der Waals surface area contributed by atoms with Crippen molar-refractivity contribution in [1.29, 1.82) is 0 Å². The zero-order valence-corrected chi connectivity index (χ0v) is 17.9. The third kappa shape index (κ3) is 4.40. The van der Waals surface area contributed by atoms with Crippen LogP contribution in [0.25, 0.3) is 10.2 Å². The Labute approximate surface area is 184 Å². The van der Waals surface area contributed by atoms with Gasteiger partial charge in [0.25, 0.3) is 11.8 Å². The van der Waals surface area contributed by atoms with Crippen LogP contribution in [0.1, 0.15) is 36.0 Å². The van der Waals surface area contributed by atoms with Crippen LogP contribution < -0.4 is 15.5 Å². The maximum absolute atomic E-state index is 12.8. The van der Waals surface area contributed by atoms with E-state index >= 15 is 0 Å². The average Bonchev–Trinajstić information content (AvgIpc) is 3.55. The van der Waals surface area contributed by atoms with Gasteiger partial charge in [0.15, 0.2) is 5.13 Å². The quantitative estimate of drug-likeness (QED) is 0.624. The molecule has 2 N–H and O–H groups in total. The first-order valence-corrected chi connectivity index (χ1v) is 11.5. The minimum atomic E-state index is -0.408.